The molecule has 0 saturated carbocycles. The minimum Gasteiger partial charge on any atom is -1.00 e. The number of esters is 1. The van der Waals surface area contributed by atoms with Crippen molar-refractivity contribution in [2.75, 3.05) is 26.4 Å². The Morgan fingerprint density at radius 2 is 1.65 bits per heavy atom. The summed E-state index contributed by atoms with van der Waals surface area (Å²) in [7, 11) is 0. The molecule has 0 bridgehead atoms. The van der Waals surface area contributed by atoms with E-state index in [1.54, 1.807) is 0 Å². The van der Waals surface area contributed by atoms with E-state index in [4.69, 9.17) is 20.1 Å². The summed E-state index contributed by atoms with van der Waals surface area (Å²) in [5.41, 5.74) is -2.70. The standard InChI is InChI=1S/C10H16O9.K.H/c11-1-2-18-3-4-19-8(14)6-10(17,9(15)16)5-7(12)13;;/h11,17H,1-6H2,(H,12,13)(H,15,16);;/q;+1;-1. The van der Waals surface area contributed by atoms with Crippen LogP contribution >= 0.6 is 0 Å². The SMILES string of the molecule is O=C(O)CC(O)(CC(=O)OCCOCCO)C(=O)O.[H-].[K+]. The van der Waals surface area contributed by atoms with Gasteiger partial charge in [-0.1, -0.05) is 0 Å². The molecule has 0 fully saturated rings. The number of ether oxygens (including phenoxy) is 2. The maximum absolute atomic E-state index is 11.2. The van der Waals surface area contributed by atoms with Gasteiger partial charge in [-0.05, 0) is 0 Å². The largest absolute Gasteiger partial charge is 1.00 e. The molecule has 10 heteroatoms. The average molecular weight is 320 g/mol. The van der Waals surface area contributed by atoms with Crippen molar-refractivity contribution in [3.63, 3.8) is 0 Å². The number of carboxylic acids is 2. The third-order valence-corrected chi connectivity index (χ3v) is 2.00. The Hall–Kier alpha value is -0.0736. The van der Waals surface area contributed by atoms with Gasteiger partial charge in [-0.2, -0.15) is 0 Å². The number of rotatable bonds is 10. The molecule has 1 atom stereocenters. The van der Waals surface area contributed by atoms with Gasteiger partial charge in [0.25, 0.3) is 0 Å². The van der Waals surface area contributed by atoms with Gasteiger partial charge in [0.05, 0.1) is 32.7 Å². The van der Waals surface area contributed by atoms with Crippen molar-refractivity contribution in [2.45, 2.75) is 18.4 Å². The topological polar surface area (TPSA) is 151 Å². The molecule has 0 aromatic heterocycles. The third kappa shape index (κ3) is 9.77. The number of aliphatic hydroxyl groups excluding tert-OH is 1. The molecule has 0 aromatic carbocycles. The van der Waals surface area contributed by atoms with Crippen LogP contribution in [0.3, 0.4) is 0 Å². The molecule has 1 unspecified atom stereocenters. The van der Waals surface area contributed by atoms with Gasteiger partial charge in [0.1, 0.15) is 6.61 Å². The molecule has 0 spiro atoms. The Labute approximate surface area is 158 Å². The number of carbonyl (C=O) groups is 3. The van der Waals surface area contributed by atoms with E-state index in [-0.39, 0.29) is 79.2 Å². The zero-order chi connectivity index (χ0) is 14.9. The molecule has 9 nitrogen and oxygen atoms in total. The zero-order valence-electron chi connectivity index (χ0n) is 12.1. The molecule has 0 rings (SSSR count). The molecule has 0 aliphatic rings. The molecular formula is C10H17KO9. The van der Waals surface area contributed by atoms with E-state index in [1.165, 1.54) is 0 Å². The Morgan fingerprint density at radius 1 is 1.05 bits per heavy atom. The van der Waals surface area contributed by atoms with E-state index in [9.17, 15) is 19.5 Å². The monoisotopic (exact) mass is 320 g/mol. The predicted octanol–water partition coefficient (Wildman–Crippen LogP) is -4.66. The van der Waals surface area contributed by atoms with Crippen molar-refractivity contribution in [1.82, 2.24) is 0 Å². The fraction of sp³-hybridized carbons (Fsp3) is 0.700. The molecule has 0 amide bonds. The molecule has 0 heterocycles. The van der Waals surface area contributed by atoms with E-state index in [0.717, 1.165) is 0 Å². The summed E-state index contributed by atoms with van der Waals surface area (Å²) in [5.74, 6) is -4.42. The quantitative estimate of drug-likeness (QED) is 0.177. The van der Waals surface area contributed by atoms with Gasteiger partial charge < -0.3 is 31.3 Å². The van der Waals surface area contributed by atoms with Crippen LogP contribution in [0, 0.1) is 0 Å². The van der Waals surface area contributed by atoms with Crippen molar-refractivity contribution in [2.24, 2.45) is 0 Å². The number of carboxylic acid groups (broad SMARTS) is 2. The van der Waals surface area contributed by atoms with E-state index in [1.807, 2.05) is 0 Å². The second-order valence-electron chi connectivity index (χ2n) is 3.64. The fourth-order valence-corrected chi connectivity index (χ4v) is 1.13. The van der Waals surface area contributed by atoms with Gasteiger partial charge in [-0.15, -0.1) is 0 Å². The van der Waals surface area contributed by atoms with E-state index in [2.05, 4.69) is 4.74 Å². The fourth-order valence-electron chi connectivity index (χ4n) is 1.13. The van der Waals surface area contributed by atoms with Crippen LogP contribution in [-0.2, 0) is 23.9 Å². The van der Waals surface area contributed by atoms with Gasteiger partial charge in [-0.3, -0.25) is 9.59 Å². The van der Waals surface area contributed by atoms with Gasteiger partial charge in [0, 0.05) is 0 Å². The Bertz CT molecular complexity index is 338. The maximum atomic E-state index is 11.2. The molecule has 0 aromatic rings. The van der Waals surface area contributed by atoms with Crippen molar-refractivity contribution in [3.05, 3.63) is 0 Å². The average Bonchev–Trinajstić information content (AvgIpc) is 2.27. The zero-order valence-corrected chi connectivity index (χ0v) is 14.2. The number of aliphatic hydroxyl groups is 2. The minimum absolute atomic E-state index is 0. The van der Waals surface area contributed by atoms with Crippen LogP contribution in [0.5, 0.6) is 0 Å². The summed E-state index contributed by atoms with van der Waals surface area (Å²) in [5, 5.41) is 35.1. The van der Waals surface area contributed by atoms with E-state index < -0.39 is 36.4 Å². The Morgan fingerprint density at radius 3 is 2.10 bits per heavy atom. The predicted molar refractivity (Wildman–Crippen MR) is 59.4 cm³/mol. The first-order chi connectivity index (χ1) is 8.81. The summed E-state index contributed by atoms with van der Waals surface area (Å²) in [6.45, 7) is -0.320. The number of carbonyl (C=O) groups excluding carboxylic acids is 1. The first-order valence-electron chi connectivity index (χ1n) is 5.33. The summed E-state index contributed by atoms with van der Waals surface area (Å²) < 4.78 is 9.33. The van der Waals surface area contributed by atoms with Gasteiger partial charge in [0.15, 0.2) is 5.60 Å². The van der Waals surface area contributed by atoms with Crippen LogP contribution < -0.4 is 51.4 Å². The first kappa shape index (κ1) is 22.2. The molecule has 0 aliphatic heterocycles. The summed E-state index contributed by atoms with van der Waals surface area (Å²) in [6.07, 6.45) is -2.09. The molecule has 0 radical (unpaired) electrons. The molecule has 0 aliphatic carbocycles. The molecular weight excluding hydrogens is 303 g/mol. The van der Waals surface area contributed by atoms with Crippen LogP contribution in [0.1, 0.15) is 14.3 Å². The van der Waals surface area contributed by atoms with Crippen molar-refractivity contribution < 1.29 is 97.1 Å². The van der Waals surface area contributed by atoms with Gasteiger partial charge >= 0.3 is 69.3 Å². The second kappa shape index (κ2) is 11.6. The molecule has 112 valence electrons. The minimum atomic E-state index is -2.70. The number of hydrogen-bond donors (Lipinski definition) is 4. The normalized spacial score (nSPS) is 12.9. The van der Waals surface area contributed by atoms with Crippen molar-refractivity contribution in [3.8, 4) is 0 Å². The van der Waals surface area contributed by atoms with Gasteiger partial charge in [0.2, 0.25) is 0 Å². The number of aliphatic carboxylic acids is 2. The molecule has 4 N–H and O–H groups in total. The van der Waals surface area contributed by atoms with E-state index in [0.29, 0.717) is 0 Å². The maximum Gasteiger partial charge on any atom is 1.00 e. The summed E-state index contributed by atoms with van der Waals surface area (Å²) in [6, 6.07) is 0. The van der Waals surface area contributed by atoms with Crippen LogP contribution in [0.25, 0.3) is 0 Å². The van der Waals surface area contributed by atoms with E-state index >= 15 is 0 Å². The first-order valence-corrected chi connectivity index (χ1v) is 5.33. The summed E-state index contributed by atoms with van der Waals surface area (Å²) in [4.78, 5) is 32.4. The second-order valence-corrected chi connectivity index (χ2v) is 3.64. The van der Waals surface area contributed by atoms with Crippen LogP contribution in [-0.4, -0.2) is 70.4 Å². The van der Waals surface area contributed by atoms with Crippen molar-refractivity contribution in [1.29, 1.82) is 0 Å². The molecule has 20 heavy (non-hydrogen) atoms. The van der Waals surface area contributed by atoms with Gasteiger partial charge in [-0.25, -0.2) is 4.79 Å². The number of hydrogen-bond acceptors (Lipinski definition) is 7. The van der Waals surface area contributed by atoms with Crippen LogP contribution in [0.2, 0.25) is 0 Å². The van der Waals surface area contributed by atoms with Crippen molar-refractivity contribution >= 4 is 17.9 Å². The smallest absolute Gasteiger partial charge is 1.00 e. The third-order valence-electron chi connectivity index (χ3n) is 2.00. The molecule has 0 saturated heterocycles. The Balaban J connectivity index is -0.00000162. The van der Waals surface area contributed by atoms with Crippen LogP contribution in [0.15, 0.2) is 0 Å². The Kier molecular flexibility index (Phi) is 12.9. The van der Waals surface area contributed by atoms with Crippen LogP contribution in [0.4, 0.5) is 0 Å². The summed E-state index contributed by atoms with van der Waals surface area (Å²) >= 11 is 0.